The zero-order chi connectivity index (χ0) is 14.6. The Morgan fingerprint density at radius 1 is 1.42 bits per heavy atom. The van der Waals surface area contributed by atoms with Crippen molar-refractivity contribution >= 4 is 29.4 Å². The van der Waals surface area contributed by atoms with Crippen LogP contribution in [0.5, 0.6) is 0 Å². The number of aliphatic carboxylic acids is 2. The Morgan fingerprint density at radius 3 is 2.47 bits per heavy atom. The van der Waals surface area contributed by atoms with Gasteiger partial charge in [0.25, 0.3) is 5.91 Å². The number of nitrogens with one attached hydrogen (secondary N) is 1. The highest BCUT2D eigenvalue weighted by Crippen LogP contribution is 2.13. The standard InChI is InChI=1S/C11H13ClN2O5/c1-14-5-6(12)4-8(14)10(17)13-7(11(18)19)2-3-9(15)16/h4-5,7H,2-3H2,1H3,(H,13,17)(H,15,16)(H,18,19). The normalized spacial score (nSPS) is 11.9. The number of hydrogen-bond acceptors (Lipinski definition) is 3. The summed E-state index contributed by atoms with van der Waals surface area (Å²) in [4.78, 5) is 33.2. The van der Waals surface area contributed by atoms with E-state index in [2.05, 4.69) is 5.32 Å². The van der Waals surface area contributed by atoms with Crippen LogP contribution >= 0.6 is 11.6 Å². The highest BCUT2D eigenvalue weighted by atomic mass is 35.5. The van der Waals surface area contributed by atoms with Gasteiger partial charge in [-0.25, -0.2) is 4.79 Å². The molecule has 1 amide bonds. The van der Waals surface area contributed by atoms with Crippen molar-refractivity contribution in [3.8, 4) is 0 Å². The first kappa shape index (κ1) is 15.0. The molecule has 0 spiro atoms. The Labute approximate surface area is 113 Å². The van der Waals surface area contributed by atoms with E-state index in [1.165, 1.54) is 16.8 Å². The van der Waals surface area contributed by atoms with Gasteiger partial charge in [0, 0.05) is 19.7 Å². The predicted octanol–water partition coefficient (Wildman–Crippen LogP) is 0.726. The number of rotatable bonds is 6. The molecule has 0 saturated carbocycles. The molecule has 0 radical (unpaired) electrons. The van der Waals surface area contributed by atoms with Gasteiger partial charge in [0.2, 0.25) is 0 Å². The minimum atomic E-state index is -1.28. The van der Waals surface area contributed by atoms with Crippen LogP contribution in [0.1, 0.15) is 23.3 Å². The Kier molecular flexibility index (Phi) is 4.94. The van der Waals surface area contributed by atoms with Crippen LogP contribution in [0.25, 0.3) is 0 Å². The number of carbonyl (C=O) groups excluding carboxylic acids is 1. The number of aryl methyl sites for hydroxylation is 1. The van der Waals surface area contributed by atoms with E-state index in [0.29, 0.717) is 5.02 Å². The number of amides is 1. The van der Waals surface area contributed by atoms with Crippen LogP contribution in [-0.2, 0) is 16.6 Å². The molecule has 0 aliphatic heterocycles. The number of carboxylic acid groups (broad SMARTS) is 2. The lowest BCUT2D eigenvalue weighted by Crippen LogP contribution is -2.41. The van der Waals surface area contributed by atoms with Crippen molar-refractivity contribution in [1.29, 1.82) is 0 Å². The average Bonchev–Trinajstić information content (AvgIpc) is 2.62. The first-order valence-electron chi connectivity index (χ1n) is 5.38. The third-order valence-corrected chi connectivity index (χ3v) is 2.66. The number of nitrogens with zero attached hydrogens (tertiary/aromatic N) is 1. The van der Waals surface area contributed by atoms with Crippen molar-refractivity contribution in [2.24, 2.45) is 7.05 Å². The fraction of sp³-hybridized carbons (Fsp3) is 0.364. The molecule has 1 unspecified atom stereocenters. The summed E-state index contributed by atoms with van der Waals surface area (Å²) in [7, 11) is 1.59. The lowest BCUT2D eigenvalue weighted by atomic mass is 10.1. The fourth-order valence-electron chi connectivity index (χ4n) is 1.51. The van der Waals surface area contributed by atoms with Crippen molar-refractivity contribution in [2.45, 2.75) is 18.9 Å². The van der Waals surface area contributed by atoms with Crippen LogP contribution in [-0.4, -0.2) is 38.7 Å². The highest BCUT2D eigenvalue weighted by Gasteiger charge is 2.22. The van der Waals surface area contributed by atoms with Gasteiger partial charge in [-0.1, -0.05) is 11.6 Å². The van der Waals surface area contributed by atoms with E-state index < -0.39 is 23.9 Å². The van der Waals surface area contributed by atoms with Crippen molar-refractivity contribution in [1.82, 2.24) is 9.88 Å². The Morgan fingerprint density at radius 2 is 2.05 bits per heavy atom. The summed E-state index contributed by atoms with van der Waals surface area (Å²) in [6, 6.07) is 0.143. The summed E-state index contributed by atoms with van der Waals surface area (Å²) in [6.07, 6.45) is 0.975. The number of halogens is 1. The van der Waals surface area contributed by atoms with Gasteiger partial charge >= 0.3 is 11.9 Å². The van der Waals surface area contributed by atoms with Gasteiger partial charge in [-0.2, -0.15) is 0 Å². The zero-order valence-corrected chi connectivity index (χ0v) is 10.8. The number of carboxylic acids is 2. The Balaban J connectivity index is 2.74. The molecule has 0 fully saturated rings. The van der Waals surface area contributed by atoms with Crippen LogP contribution in [0.15, 0.2) is 12.3 Å². The molecule has 104 valence electrons. The zero-order valence-electron chi connectivity index (χ0n) is 10.1. The molecule has 0 saturated heterocycles. The molecule has 7 nitrogen and oxygen atoms in total. The summed E-state index contributed by atoms with van der Waals surface area (Å²) in [6.45, 7) is 0. The van der Waals surface area contributed by atoms with Gasteiger partial charge in [-0.15, -0.1) is 0 Å². The molecule has 1 rings (SSSR count). The van der Waals surface area contributed by atoms with Gasteiger partial charge in [-0.3, -0.25) is 9.59 Å². The third-order valence-electron chi connectivity index (χ3n) is 2.45. The minimum Gasteiger partial charge on any atom is -0.481 e. The maximum atomic E-state index is 11.8. The molecule has 0 aromatic carbocycles. The van der Waals surface area contributed by atoms with Crippen molar-refractivity contribution in [3.63, 3.8) is 0 Å². The number of hydrogen-bond donors (Lipinski definition) is 3. The molecular formula is C11H13ClN2O5. The van der Waals surface area contributed by atoms with Crippen LogP contribution in [0, 0.1) is 0 Å². The summed E-state index contributed by atoms with van der Waals surface area (Å²) in [5, 5.41) is 20.0. The largest absolute Gasteiger partial charge is 0.481 e. The number of aromatic nitrogens is 1. The fourth-order valence-corrected chi connectivity index (χ4v) is 1.76. The second kappa shape index (κ2) is 6.24. The van der Waals surface area contributed by atoms with Gasteiger partial charge in [-0.05, 0) is 12.5 Å². The van der Waals surface area contributed by atoms with E-state index in [9.17, 15) is 14.4 Å². The smallest absolute Gasteiger partial charge is 0.326 e. The van der Waals surface area contributed by atoms with Crippen molar-refractivity contribution in [3.05, 3.63) is 23.0 Å². The van der Waals surface area contributed by atoms with Gasteiger partial charge in [0.1, 0.15) is 11.7 Å². The van der Waals surface area contributed by atoms with Gasteiger partial charge in [0.05, 0.1) is 5.02 Å². The lowest BCUT2D eigenvalue weighted by Gasteiger charge is -2.13. The SMILES string of the molecule is Cn1cc(Cl)cc1C(=O)NC(CCC(=O)O)C(=O)O. The molecule has 3 N–H and O–H groups in total. The first-order valence-corrected chi connectivity index (χ1v) is 5.76. The second-order valence-electron chi connectivity index (χ2n) is 3.95. The van der Waals surface area contributed by atoms with E-state index in [4.69, 9.17) is 21.8 Å². The topological polar surface area (TPSA) is 109 Å². The van der Waals surface area contributed by atoms with Crippen molar-refractivity contribution < 1.29 is 24.6 Å². The summed E-state index contributed by atoms with van der Waals surface area (Å²) < 4.78 is 1.45. The molecule has 8 heteroatoms. The molecule has 0 aliphatic rings. The maximum Gasteiger partial charge on any atom is 0.326 e. The third kappa shape index (κ3) is 4.29. The second-order valence-corrected chi connectivity index (χ2v) is 4.39. The Bertz CT molecular complexity index is 511. The molecule has 0 aliphatic carbocycles. The van der Waals surface area contributed by atoms with E-state index in [1.807, 2.05) is 0 Å². The summed E-state index contributed by atoms with van der Waals surface area (Å²) in [5.74, 6) is -3.02. The average molecular weight is 289 g/mol. The molecule has 1 aromatic rings. The molecule has 1 aromatic heterocycles. The first-order chi connectivity index (χ1) is 8.81. The molecule has 1 atom stereocenters. The van der Waals surface area contributed by atoms with E-state index in [1.54, 1.807) is 7.05 Å². The highest BCUT2D eigenvalue weighted by molar-refractivity contribution is 6.31. The Hall–Kier alpha value is -2.02. The molecular weight excluding hydrogens is 276 g/mol. The van der Waals surface area contributed by atoms with Crippen LogP contribution in [0.2, 0.25) is 5.02 Å². The summed E-state index contributed by atoms with van der Waals surface area (Å²) in [5.41, 5.74) is 0.201. The van der Waals surface area contributed by atoms with E-state index in [0.717, 1.165) is 0 Å². The maximum absolute atomic E-state index is 11.8. The monoisotopic (exact) mass is 288 g/mol. The van der Waals surface area contributed by atoms with Crippen molar-refractivity contribution in [2.75, 3.05) is 0 Å². The van der Waals surface area contributed by atoms with Gasteiger partial charge in [0.15, 0.2) is 0 Å². The molecule has 0 bridgehead atoms. The molecule has 1 heterocycles. The van der Waals surface area contributed by atoms with Crippen LogP contribution < -0.4 is 5.32 Å². The van der Waals surface area contributed by atoms with E-state index >= 15 is 0 Å². The molecule has 19 heavy (non-hydrogen) atoms. The quantitative estimate of drug-likeness (QED) is 0.715. The summed E-state index contributed by atoms with van der Waals surface area (Å²) >= 11 is 5.72. The van der Waals surface area contributed by atoms with E-state index in [-0.39, 0.29) is 18.5 Å². The lowest BCUT2D eigenvalue weighted by molar-refractivity contribution is -0.140. The minimum absolute atomic E-state index is 0.186. The van der Waals surface area contributed by atoms with Crippen LogP contribution in [0.4, 0.5) is 0 Å². The predicted molar refractivity (Wildman–Crippen MR) is 66.2 cm³/mol. The number of carbonyl (C=O) groups is 3. The van der Waals surface area contributed by atoms with Gasteiger partial charge < -0.3 is 20.1 Å². The van der Waals surface area contributed by atoms with Crippen LogP contribution in [0.3, 0.4) is 0 Å².